The number of carbonyl (C=O) groups excluding carboxylic acids is 1. The smallest absolute Gasteiger partial charge is 0.408 e. The third kappa shape index (κ3) is 3.21. The van der Waals surface area contributed by atoms with Crippen LogP contribution in [0.4, 0.5) is 4.79 Å². The minimum Gasteiger partial charge on any atom is -0.445 e. The van der Waals surface area contributed by atoms with Gasteiger partial charge in [0, 0.05) is 6.54 Å². The Morgan fingerprint density at radius 2 is 2.22 bits per heavy atom. The van der Waals surface area contributed by atoms with E-state index in [9.17, 15) is 9.90 Å². The lowest BCUT2D eigenvalue weighted by Crippen LogP contribution is -2.53. The molecule has 2 rings (SSSR count). The van der Waals surface area contributed by atoms with Crippen molar-refractivity contribution in [1.82, 2.24) is 10.6 Å². The van der Waals surface area contributed by atoms with Gasteiger partial charge in [0.2, 0.25) is 0 Å². The third-order valence-corrected chi connectivity index (χ3v) is 3.13. The number of amides is 1. The standard InChI is InChI=1S/C13H18N2O3/c16-10-13(6-7-14-9-13)15-12(17)18-8-11-4-2-1-3-5-11/h1-5,14,16H,6-10H2,(H,15,17). The Labute approximate surface area is 106 Å². The van der Waals surface area contributed by atoms with E-state index in [1.807, 2.05) is 30.3 Å². The summed E-state index contributed by atoms with van der Waals surface area (Å²) >= 11 is 0. The molecule has 0 aromatic heterocycles. The van der Waals surface area contributed by atoms with Gasteiger partial charge in [0.25, 0.3) is 0 Å². The Balaban J connectivity index is 1.82. The maximum Gasteiger partial charge on any atom is 0.408 e. The third-order valence-electron chi connectivity index (χ3n) is 3.13. The van der Waals surface area contributed by atoms with Gasteiger partial charge in [0.1, 0.15) is 6.61 Å². The van der Waals surface area contributed by atoms with Crippen LogP contribution in [0.3, 0.4) is 0 Å². The molecule has 1 heterocycles. The predicted molar refractivity (Wildman–Crippen MR) is 67.1 cm³/mol. The summed E-state index contributed by atoms with van der Waals surface area (Å²) in [6, 6.07) is 9.49. The summed E-state index contributed by atoms with van der Waals surface area (Å²) in [5, 5.41) is 15.2. The minimum atomic E-state index is -0.576. The molecule has 1 saturated heterocycles. The molecule has 5 nitrogen and oxygen atoms in total. The van der Waals surface area contributed by atoms with Crippen molar-refractivity contribution in [2.75, 3.05) is 19.7 Å². The molecule has 0 aliphatic carbocycles. The number of benzene rings is 1. The van der Waals surface area contributed by atoms with Gasteiger partial charge in [-0.05, 0) is 18.5 Å². The van der Waals surface area contributed by atoms with Gasteiger partial charge in [-0.15, -0.1) is 0 Å². The van der Waals surface area contributed by atoms with Crippen molar-refractivity contribution in [3.8, 4) is 0 Å². The van der Waals surface area contributed by atoms with Crippen LogP contribution in [0.15, 0.2) is 30.3 Å². The molecule has 1 aliphatic heterocycles. The quantitative estimate of drug-likeness (QED) is 0.733. The van der Waals surface area contributed by atoms with Crippen molar-refractivity contribution in [3.63, 3.8) is 0 Å². The Morgan fingerprint density at radius 3 is 2.83 bits per heavy atom. The topological polar surface area (TPSA) is 70.6 Å². The van der Waals surface area contributed by atoms with Crippen LogP contribution in [0.5, 0.6) is 0 Å². The molecular weight excluding hydrogens is 232 g/mol. The molecule has 3 N–H and O–H groups in total. The first-order valence-corrected chi connectivity index (χ1v) is 6.05. The van der Waals surface area contributed by atoms with E-state index in [1.165, 1.54) is 0 Å². The lowest BCUT2D eigenvalue weighted by Gasteiger charge is -2.26. The Kier molecular flexibility index (Phi) is 4.17. The highest BCUT2D eigenvalue weighted by atomic mass is 16.5. The van der Waals surface area contributed by atoms with Gasteiger partial charge in [0.15, 0.2) is 0 Å². The van der Waals surface area contributed by atoms with E-state index in [2.05, 4.69) is 10.6 Å². The van der Waals surface area contributed by atoms with Gasteiger partial charge in [-0.25, -0.2) is 4.79 Å². The monoisotopic (exact) mass is 250 g/mol. The lowest BCUT2D eigenvalue weighted by atomic mass is 10.0. The van der Waals surface area contributed by atoms with Gasteiger partial charge >= 0.3 is 6.09 Å². The maximum absolute atomic E-state index is 11.7. The van der Waals surface area contributed by atoms with Crippen LogP contribution in [0.2, 0.25) is 0 Å². The van der Waals surface area contributed by atoms with Crippen molar-refractivity contribution in [1.29, 1.82) is 0 Å². The first-order chi connectivity index (χ1) is 8.74. The van der Waals surface area contributed by atoms with E-state index >= 15 is 0 Å². The lowest BCUT2D eigenvalue weighted by molar-refractivity contribution is 0.111. The molecule has 0 saturated carbocycles. The highest BCUT2D eigenvalue weighted by Crippen LogP contribution is 2.14. The second kappa shape index (κ2) is 5.84. The van der Waals surface area contributed by atoms with E-state index in [0.29, 0.717) is 13.0 Å². The molecule has 1 fully saturated rings. The highest BCUT2D eigenvalue weighted by Gasteiger charge is 2.35. The van der Waals surface area contributed by atoms with Crippen molar-refractivity contribution >= 4 is 6.09 Å². The fourth-order valence-electron chi connectivity index (χ4n) is 2.00. The molecule has 5 heteroatoms. The van der Waals surface area contributed by atoms with E-state index in [-0.39, 0.29) is 13.2 Å². The zero-order valence-corrected chi connectivity index (χ0v) is 10.2. The van der Waals surface area contributed by atoms with Crippen LogP contribution in [0, 0.1) is 0 Å². The molecule has 0 bridgehead atoms. The van der Waals surface area contributed by atoms with Crippen LogP contribution in [-0.2, 0) is 11.3 Å². The second-order valence-electron chi connectivity index (χ2n) is 4.55. The van der Waals surface area contributed by atoms with E-state index in [0.717, 1.165) is 12.1 Å². The van der Waals surface area contributed by atoms with Crippen molar-refractivity contribution in [3.05, 3.63) is 35.9 Å². The summed E-state index contributed by atoms with van der Waals surface area (Å²) in [5.41, 5.74) is 0.364. The fraction of sp³-hybridized carbons (Fsp3) is 0.462. The molecular formula is C13H18N2O3. The molecule has 0 radical (unpaired) electrons. The first kappa shape index (κ1) is 12.9. The number of aliphatic hydroxyl groups is 1. The summed E-state index contributed by atoms with van der Waals surface area (Å²) in [4.78, 5) is 11.7. The fourth-order valence-corrected chi connectivity index (χ4v) is 2.00. The first-order valence-electron chi connectivity index (χ1n) is 6.05. The van der Waals surface area contributed by atoms with Crippen LogP contribution < -0.4 is 10.6 Å². The van der Waals surface area contributed by atoms with Gasteiger partial charge in [-0.3, -0.25) is 0 Å². The number of ether oxygens (including phenoxy) is 1. The van der Waals surface area contributed by atoms with Gasteiger partial charge < -0.3 is 20.5 Å². The largest absolute Gasteiger partial charge is 0.445 e. The van der Waals surface area contributed by atoms with Crippen molar-refractivity contribution in [2.45, 2.75) is 18.6 Å². The zero-order valence-electron chi connectivity index (χ0n) is 10.2. The maximum atomic E-state index is 11.7. The van der Waals surface area contributed by atoms with Gasteiger partial charge in [0.05, 0.1) is 12.1 Å². The predicted octanol–water partition coefficient (Wildman–Crippen LogP) is 0.637. The van der Waals surface area contributed by atoms with E-state index < -0.39 is 11.6 Å². The molecule has 0 spiro atoms. The summed E-state index contributed by atoms with van der Waals surface area (Å²) in [6.45, 7) is 1.52. The Bertz CT molecular complexity index is 388. The number of hydrogen-bond donors (Lipinski definition) is 3. The molecule has 1 unspecified atom stereocenters. The molecule has 98 valence electrons. The Morgan fingerprint density at radius 1 is 1.44 bits per heavy atom. The van der Waals surface area contributed by atoms with Gasteiger partial charge in [-0.1, -0.05) is 30.3 Å². The van der Waals surface area contributed by atoms with Crippen LogP contribution in [-0.4, -0.2) is 36.4 Å². The molecule has 1 aromatic carbocycles. The number of carbonyl (C=O) groups is 1. The average molecular weight is 250 g/mol. The van der Waals surface area contributed by atoms with Gasteiger partial charge in [-0.2, -0.15) is 0 Å². The number of alkyl carbamates (subject to hydrolysis) is 1. The molecule has 18 heavy (non-hydrogen) atoms. The number of hydrogen-bond acceptors (Lipinski definition) is 4. The summed E-state index contributed by atoms with van der Waals surface area (Å²) in [5.74, 6) is 0. The van der Waals surface area contributed by atoms with Crippen molar-refractivity contribution < 1.29 is 14.6 Å². The SMILES string of the molecule is O=C(NC1(CO)CCNC1)OCc1ccccc1. The normalized spacial score (nSPS) is 22.7. The molecule has 1 aliphatic rings. The second-order valence-corrected chi connectivity index (χ2v) is 4.55. The van der Waals surface area contributed by atoms with Crippen molar-refractivity contribution in [2.24, 2.45) is 0 Å². The molecule has 1 amide bonds. The Hall–Kier alpha value is -1.59. The average Bonchev–Trinajstić information content (AvgIpc) is 2.87. The van der Waals surface area contributed by atoms with E-state index in [4.69, 9.17) is 4.74 Å². The number of aliphatic hydroxyl groups excluding tert-OH is 1. The minimum absolute atomic E-state index is 0.0829. The number of nitrogens with one attached hydrogen (secondary N) is 2. The summed E-state index contributed by atoms with van der Waals surface area (Å²) < 4.78 is 5.13. The summed E-state index contributed by atoms with van der Waals surface area (Å²) in [7, 11) is 0. The molecule has 1 aromatic rings. The highest BCUT2D eigenvalue weighted by molar-refractivity contribution is 5.68. The van der Waals surface area contributed by atoms with Crippen LogP contribution in [0.25, 0.3) is 0 Å². The number of rotatable bonds is 4. The zero-order chi connectivity index (χ0) is 12.8. The molecule has 1 atom stereocenters. The summed E-state index contributed by atoms with van der Waals surface area (Å²) in [6.07, 6.45) is 0.223. The van der Waals surface area contributed by atoms with Crippen LogP contribution >= 0.6 is 0 Å². The van der Waals surface area contributed by atoms with E-state index in [1.54, 1.807) is 0 Å². The van der Waals surface area contributed by atoms with Crippen LogP contribution in [0.1, 0.15) is 12.0 Å².